The molecule has 3 aromatic rings. The molecule has 11 heteroatoms. The number of anilines is 1. The molecule has 3 rings (SSSR count). The second-order valence-electron chi connectivity index (χ2n) is 7.33. The molecule has 0 aliphatic rings. The third-order valence-corrected chi connectivity index (χ3v) is 7.78. The average molecular weight is 625 g/mol. The zero-order valence-corrected chi connectivity index (χ0v) is 23.1. The summed E-state index contributed by atoms with van der Waals surface area (Å²) in [5.74, 6) is 0.403. The van der Waals surface area contributed by atoms with Crippen molar-refractivity contribution in [2.45, 2.75) is 11.8 Å². The maximum atomic E-state index is 13.4. The lowest BCUT2D eigenvalue weighted by molar-refractivity contribution is -0.119. The lowest BCUT2D eigenvalue weighted by Gasteiger charge is -2.23. The highest BCUT2D eigenvalue weighted by molar-refractivity contribution is 9.10. The summed E-state index contributed by atoms with van der Waals surface area (Å²) in [5, 5.41) is 3.97. The van der Waals surface area contributed by atoms with Crippen molar-refractivity contribution < 1.29 is 22.7 Å². The first kappa shape index (κ1) is 26.7. The number of hydrogen-bond acceptors (Lipinski definition) is 6. The number of benzene rings is 3. The van der Waals surface area contributed by atoms with Gasteiger partial charge in [-0.1, -0.05) is 33.6 Å². The number of hydrogen-bond donors (Lipinski definition) is 1. The van der Waals surface area contributed by atoms with Crippen LogP contribution in [0.4, 0.5) is 5.69 Å². The van der Waals surface area contributed by atoms with E-state index in [1.807, 2.05) is 6.92 Å². The minimum atomic E-state index is -4.01. The Morgan fingerprint density at radius 2 is 1.69 bits per heavy atom. The minimum Gasteiger partial charge on any atom is -0.493 e. The summed E-state index contributed by atoms with van der Waals surface area (Å²) >= 11 is 6.74. The summed E-state index contributed by atoms with van der Waals surface area (Å²) < 4.78 is 39.8. The summed E-state index contributed by atoms with van der Waals surface area (Å²) in [6.07, 6.45) is 1.42. The summed E-state index contributed by atoms with van der Waals surface area (Å²) in [7, 11) is -0.971. The predicted octanol–water partition coefficient (Wildman–Crippen LogP) is 4.88. The molecule has 1 amide bonds. The fraction of sp³-hybridized carbons (Fsp3) is 0.167. The molecule has 0 atom stereocenters. The highest BCUT2D eigenvalue weighted by atomic mass is 79.9. The van der Waals surface area contributed by atoms with Gasteiger partial charge in [0.2, 0.25) is 0 Å². The Morgan fingerprint density at radius 1 is 1.03 bits per heavy atom. The van der Waals surface area contributed by atoms with E-state index < -0.39 is 22.5 Å². The Kier molecular flexibility index (Phi) is 8.92. The van der Waals surface area contributed by atoms with Crippen molar-refractivity contribution in [2.75, 3.05) is 25.1 Å². The van der Waals surface area contributed by atoms with E-state index in [1.54, 1.807) is 48.5 Å². The van der Waals surface area contributed by atoms with Gasteiger partial charge in [-0.25, -0.2) is 13.8 Å². The highest BCUT2D eigenvalue weighted by Gasteiger charge is 2.27. The van der Waals surface area contributed by atoms with Crippen molar-refractivity contribution >= 4 is 59.7 Å². The predicted molar refractivity (Wildman–Crippen MR) is 143 cm³/mol. The number of aryl methyl sites for hydroxylation is 1. The van der Waals surface area contributed by atoms with Crippen LogP contribution in [0.25, 0.3) is 0 Å². The van der Waals surface area contributed by atoms with Crippen molar-refractivity contribution in [2.24, 2.45) is 5.10 Å². The van der Waals surface area contributed by atoms with E-state index in [0.29, 0.717) is 27.2 Å². The van der Waals surface area contributed by atoms with Crippen LogP contribution in [0.1, 0.15) is 11.1 Å². The number of nitrogens with zero attached hydrogens (tertiary/aromatic N) is 2. The van der Waals surface area contributed by atoms with E-state index in [9.17, 15) is 13.2 Å². The van der Waals surface area contributed by atoms with Crippen LogP contribution in [-0.2, 0) is 14.8 Å². The van der Waals surface area contributed by atoms with E-state index in [1.165, 1.54) is 32.6 Å². The van der Waals surface area contributed by atoms with E-state index in [4.69, 9.17) is 9.47 Å². The Morgan fingerprint density at radius 3 is 2.29 bits per heavy atom. The van der Waals surface area contributed by atoms with Gasteiger partial charge in [-0.15, -0.1) is 0 Å². The van der Waals surface area contributed by atoms with Gasteiger partial charge in [-0.05, 0) is 76.9 Å². The molecule has 0 bridgehead atoms. The molecule has 0 fully saturated rings. The number of halogens is 2. The topological polar surface area (TPSA) is 97.3 Å². The van der Waals surface area contributed by atoms with E-state index in [-0.39, 0.29) is 4.90 Å². The summed E-state index contributed by atoms with van der Waals surface area (Å²) in [4.78, 5) is 12.8. The molecule has 0 heterocycles. The molecule has 0 aliphatic heterocycles. The summed E-state index contributed by atoms with van der Waals surface area (Å²) in [5.41, 5.74) is 4.29. The number of rotatable bonds is 9. The summed E-state index contributed by atoms with van der Waals surface area (Å²) in [6, 6.07) is 16.5. The second kappa shape index (κ2) is 11.7. The third kappa shape index (κ3) is 6.62. The van der Waals surface area contributed by atoms with Crippen molar-refractivity contribution in [1.82, 2.24) is 5.43 Å². The Hall–Kier alpha value is -2.89. The van der Waals surface area contributed by atoms with Crippen molar-refractivity contribution in [3.63, 3.8) is 0 Å². The number of amides is 1. The van der Waals surface area contributed by atoms with Crippen LogP contribution in [-0.4, -0.2) is 41.3 Å². The number of carbonyl (C=O) groups is 1. The standard InChI is InChI=1S/C24H23Br2N3O5S/c1-16-4-10-20(11-5-16)35(31,32)29(19-8-6-18(25)7-9-19)15-23(30)28-27-14-17-12-21(26)24(34-3)22(13-17)33-2/h4-14H,15H2,1-3H3,(H,28,30)/b27-14-. The molecule has 0 saturated heterocycles. The summed E-state index contributed by atoms with van der Waals surface area (Å²) in [6.45, 7) is 1.40. The van der Waals surface area contributed by atoms with Crippen molar-refractivity contribution in [1.29, 1.82) is 0 Å². The zero-order valence-electron chi connectivity index (χ0n) is 19.2. The van der Waals surface area contributed by atoms with Gasteiger partial charge in [-0.2, -0.15) is 5.10 Å². The largest absolute Gasteiger partial charge is 0.493 e. The first-order valence-corrected chi connectivity index (χ1v) is 13.3. The van der Waals surface area contributed by atoms with E-state index in [2.05, 4.69) is 42.4 Å². The quantitative estimate of drug-likeness (QED) is 0.270. The molecule has 8 nitrogen and oxygen atoms in total. The van der Waals surface area contributed by atoms with Crippen LogP contribution in [0.5, 0.6) is 11.5 Å². The molecule has 0 aliphatic carbocycles. The van der Waals surface area contributed by atoms with Gasteiger partial charge in [0.25, 0.3) is 15.9 Å². The lowest BCUT2D eigenvalue weighted by Crippen LogP contribution is -2.39. The van der Waals surface area contributed by atoms with Gasteiger partial charge in [-0.3, -0.25) is 9.10 Å². The Labute approximate surface area is 221 Å². The monoisotopic (exact) mass is 623 g/mol. The number of nitrogens with one attached hydrogen (secondary N) is 1. The van der Waals surface area contributed by atoms with E-state index in [0.717, 1.165) is 14.3 Å². The number of methoxy groups -OCH3 is 2. The van der Waals surface area contributed by atoms with Crippen LogP contribution in [0.2, 0.25) is 0 Å². The molecule has 184 valence electrons. The smallest absolute Gasteiger partial charge is 0.264 e. The van der Waals surface area contributed by atoms with Crippen LogP contribution < -0.4 is 19.2 Å². The molecule has 0 saturated carbocycles. The van der Waals surface area contributed by atoms with Gasteiger partial charge in [0, 0.05) is 4.47 Å². The van der Waals surface area contributed by atoms with Gasteiger partial charge in [0.15, 0.2) is 11.5 Å². The number of hydrazone groups is 1. The van der Waals surface area contributed by atoms with Crippen molar-refractivity contribution in [3.8, 4) is 11.5 Å². The maximum Gasteiger partial charge on any atom is 0.264 e. The Balaban J connectivity index is 1.83. The number of ether oxygens (including phenoxy) is 2. The van der Waals surface area contributed by atoms with Crippen LogP contribution in [0.15, 0.2) is 79.6 Å². The molecule has 0 spiro atoms. The SMILES string of the molecule is COc1cc(/C=N\NC(=O)CN(c2ccc(Br)cc2)S(=O)(=O)c2ccc(C)cc2)cc(Br)c1OC. The highest BCUT2D eigenvalue weighted by Crippen LogP contribution is 2.35. The van der Waals surface area contributed by atoms with Crippen LogP contribution >= 0.6 is 31.9 Å². The molecule has 1 N–H and O–H groups in total. The van der Waals surface area contributed by atoms with Gasteiger partial charge in [0.1, 0.15) is 6.54 Å². The molecular formula is C24H23Br2N3O5S. The maximum absolute atomic E-state index is 13.4. The molecule has 0 aromatic heterocycles. The molecular weight excluding hydrogens is 602 g/mol. The molecule has 0 radical (unpaired) electrons. The minimum absolute atomic E-state index is 0.0810. The average Bonchev–Trinajstić information content (AvgIpc) is 2.83. The number of sulfonamides is 1. The normalized spacial score (nSPS) is 11.3. The lowest BCUT2D eigenvalue weighted by atomic mass is 10.2. The molecule has 35 heavy (non-hydrogen) atoms. The number of carbonyl (C=O) groups excluding carboxylic acids is 1. The second-order valence-corrected chi connectivity index (χ2v) is 11.0. The van der Waals surface area contributed by atoms with Crippen LogP contribution in [0.3, 0.4) is 0 Å². The first-order chi connectivity index (χ1) is 16.6. The van der Waals surface area contributed by atoms with Gasteiger partial charge >= 0.3 is 0 Å². The van der Waals surface area contributed by atoms with Crippen LogP contribution in [0, 0.1) is 6.92 Å². The first-order valence-electron chi connectivity index (χ1n) is 10.2. The van der Waals surface area contributed by atoms with E-state index >= 15 is 0 Å². The van der Waals surface area contributed by atoms with Gasteiger partial charge in [0.05, 0.1) is 35.5 Å². The fourth-order valence-corrected chi connectivity index (χ4v) is 5.42. The fourth-order valence-electron chi connectivity index (χ4n) is 3.12. The molecule has 3 aromatic carbocycles. The van der Waals surface area contributed by atoms with Crippen molar-refractivity contribution in [3.05, 3.63) is 80.7 Å². The molecule has 0 unspecified atom stereocenters. The van der Waals surface area contributed by atoms with Gasteiger partial charge < -0.3 is 9.47 Å². The Bertz CT molecular complexity index is 1330. The zero-order chi connectivity index (χ0) is 25.6. The third-order valence-electron chi connectivity index (χ3n) is 4.87.